The van der Waals surface area contributed by atoms with E-state index < -0.39 is 0 Å². The van der Waals surface area contributed by atoms with Gasteiger partial charge in [-0.15, -0.1) is 0 Å². The second-order valence-electron chi connectivity index (χ2n) is 3.07. The van der Waals surface area contributed by atoms with Gasteiger partial charge in [0.2, 0.25) is 0 Å². The monoisotopic (exact) mass is 252 g/mol. The van der Waals surface area contributed by atoms with E-state index in [1.54, 1.807) is 0 Å². The maximum Gasteiger partial charge on any atom is 0.173 e. The SMILES string of the molecule is C/C=C(/C(=O)CBr)c1ccccc1C. The summed E-state index contributed by atoms with van der Waals surface area (Å²) in [6.07, 6.45) is 1.87. The predicted molar refractivity (Wildman–Crippen MR) is 63.6 cm³/mol. The van der Waals surface area contributed by atoms with Crippen LogP contribution in [0.2, 0.25) is 0 Å². The highest BCUT2D eigenvalue weighted by atomic mass is 79.9. The van der Waals surface area contributed by atoms with Gasteiger partial charge in [-0.2, -0.15) is 0 Å². The third kappa shape index (κ3) is 2.32. The molecular formula is C12H13BrO. The topological polar surface area (TPSA) is 17.1 Å². The molecule has 0 unspecified atom stereocenters. The Bertz CT molecular complexity index is 366. The van der Waals surface area contributed by atoms with Crippen LogP contribution in [0.4, 0.5) is 0 Å². The summed E-state index contributed by atoms with van der Waals surface area (Å²) < 4.78 is 0. The maximum absolute atomic E-state index is 11.6. The first kappa shape index (κ1) is 11.2. The number of rotatable bonds is 3. The molecule has 14 heavy (non-hydrogen) atoms. The van der Waals surface area contributed by atoms with Crippen molar-refractivity contribution in [3.63, 3.8) is 0 Å². The lowest BCUT2D eigenvalue weighted by Crippen LogP contribution is -2.03. The molecule has 1 nitrogen and oxygen atoms in total. The lowest BCUT2D eigenvalue weighted by Gasteiger charge is -2.07. The van der Waals surface area contributed by atoms with Crippen LogP contribution in [0, 0.1) is 6.92 Å². The lowest BCUT2D eigenvalue weighted by atomic mass is 9.98. The van der Waals surface area contributed by atoms with Gasteiger partial charge in [0.1, 0.15) is 0 Å². The molecule has 0 N–H and O–H groups in total. The summed E-state index contributed by atoms with van der Waals surface area (Å²) >= 11 is 3.19. The van der Waals surface area contributed by atoms with E-state index in [1.165, 1.54) is 0 Å². The van der Waals surface area contributed by atoms with Gasteiger partial charge in [-0.25, -0.2) is 0 Å². The highest BCUT2D eigenvalue weighted by molar-refractivity contribution is 9.09. The van der Waals surface area contributed by atoms with E-state index in [0.29, 0.717) is 5.33 Å². The Labute approximate surface area is 93.0 Å². The molecule has 2 heteroatoms. The van der Waals surface area contributed by atoms with Crippen LogP contribution >= 0.6 is 15.9 Å². The number of ketones is 1. The van der Waals surface area contributed by atoms with Gasteiger partial charge in [-0.3, -0.25) is 4.79 Å². The normalized spacial score (nSPS) is 11.5. The van der Waals surface area contributed by atoms with Crippen molar-refractivity contribution in [3.8, 4) is 0 Å². The average Bonchev–Trinajstić information content (AvgIpc) is 2.21. The highest BCUT2D eigenvalue weighted by Crippen LogP contribution is 2.19. The molecule has 0 aromatic heterocycles. The second-order valence-corrected chi connectivity index (χ2v) is 3.63. The first-order valence-corrected chi connectivity index (χ1v) is 5.64. The Morgan fingerprint density at radius 2 is 2.07 bits per heavy atom. The molecule has 0 heterocycles. The zero-order valence-corrected chi connectivity index (χ0v) is 9.97. The average molecular weight is 253 g/mol. The molecule has 0 spiro atoms. The smallest absolute Gasteiger partial charge is 0.173 e. The molecule has 0 fully saturated rings. The summed E-state index contributed by atoms with van der Waals surface area (Å²) in [4.78, 5) is 11.6. The van der Waals surface area contributed by atoms with Crippen LogP contribution in [0.15, 0.2) is 30.3 Å². The van der Waals surface area contributed by atoms with E-state index in [0.717, 1.165) is 16.7 Å². The summed E-state index contributed by atoms with van der Waals surface area (Å²) in [6.45, 7) is 3.91. The molecular weight excluding hydrogens is 240 g/mol. The van der Waals surface area contributed by atoms with Gasteiger partial charge in [-0.1, -0.05) is 46.3 Å². The number of alkyl halides is 1. The minimum Gasteiger partial charge on any atom is -0.293 e. The minimum atomic E-state index is 0.127. The first-order valence-electron chi connectivity index (χ1n) is 4.52. The molecule has 0 atom stereocenters. The highest BCUT2D eigenvalue weighted by Gasteiger charge is 2.10. The Kier molecular flexibility index (Phi) is 4.08. The minimum absolute atomic E-state index is 0.127. The van der Waals surface area contributed by atoms with Gasteiger partial charge in [0.05, 0.1) is 5.33 Å². The molecule has 0 aliphatic rings. The van der Waals surface area contributed by atoms with E-state index >= 15 is 0 Å². The zero-order chi connectivity index (χ0) is 10.6. The van der Waals surface area contributed by atoms with Crippen LogP contribution in [-0.2, 0) is 4.79 Å². The molecule has 0 saturated carbocycles. The lowest BCUT2D eigenvalue weighted by molar-refractivity contribution is -0.111. The third-order valence-electron chi connectivity index (χ3n) is 2.15. The quantitative estimate of drug-likeness (QED) is 0.596. The van der Waals surface area contributed by atoms with Crippen LogP contribution in [0.3, 0.4) is 0 Å². The summed E-state index contributed by atoms with van der Waals surface area (Å²) in [5.41, 5.74) is 2.95. The standard InChI is InChI=1S/C12H13BrO/c1-3-10(12(14)8-13)11-7-5-4-6-9(11)2/h3-7H,8H2,1-2H3/b10-3+. The van der Waals surface area contributed by atoms with Crippen molar-refractivity contribution < 1.29 is 4.79 Å². The fourth-order valence-corrected chi connectivity index (χ4v) is 1.72. The second kappa shape index (κ2) is 5.11. The largest absolute Gasteiger partial charge is 0.293 e. The zero-order valence-electron chi connectivity index (χ0n) is 8.38. The number of hydrogen-bond acceptors (Lipinski definition) is 1. The summed E-state index contributed by atoms with van der Waals surface area (Å²) in [5.74, 6) is 0.127. The van der Waals surface area contributed by atoms with Crippen molar-refractivity contribution in [2.75, 3.05) is 5.33 Å². The number of carbonyl (C=O) groups excluding carboxylic acids is 1. The summed E-state index contributed by atoms with van der Waals surface area (Å²) in [7, 11) is 0. The van der Waals surface area contributed by atoms with Crippen molar-refractivity contribution in [2.45, 2.75) is 13.8 Å². The van der Waals surface area contributed by atoms with Crippen molar-refractivity contribution in [1.29, 1.82) is 0 Å². The van der Waals surface area contributed by atoms with Crippen LogP contribution in [0.25, 0.3) is 5.57 Å². The molecule has 0 saturated heterocycles. The van der Waals surface area contributed by atoms with Crippen LogP contribution in [0.5, 0.6) is 0 Å². The molecule has 0 aliphatic carbocycles. The molecule has 1 aromatic rings. The Hall–Kier alpha value is -0.890. The number of carbonyl (C=O) groups is 1. The molecule has 0 amide bonds. The molecule has 0 radical (unpaired) electrons. The van der Waals surface area contributed by atoms with Gasteiger partial charge in [0.25, 0.3) is 0 Å². The maximum atomic E-state index is 11.6. The van der Waals surface area contributed by atoms with Crippen molar-refractivity contribution in [1.82, 2.24) is 0 Å². The Balaban J connectivity index is 3.15. The number of aryl methyl sites for hydroxylation is 1. The first-order chi connectivity index (χ1) is 6.70. The van der Waals surface area contributed by atoms with Gasteiger partial charge >= 0.3 is 0 Å². The van der Waals surface area contributed by atoms with Crippen LogP contribution < -0.4 is 0 Å². The number of benzene rings is 1. The predicted octanol–water partition coefficient (Wildman–Crippen LogP) is 3.36. The number of hydrogen-bond donors (Lipinski definition) is 0. The Morgan fingerprint density at radius 3 is 2.57 bits per heavy atom. The molecule has 1 rings (SSSR count). The van der Waals surface area contributed by atoms with Gasteiger partial charge in [-0.05, 0) is 25.0 Å². The third-order valence-corrected chi connectivity index (χ3v) is 2.65. The van der Waals surface area contributed by atoms with E-state index in [-0.39, 0.29) is 5.78 Å². The molecule has 0 aliphatic heterocycles. The number of halogens is 1. The van der Waals surface area contributed by atoms with Gasteiger partial charge in [0, 0.05) is 5.57 Å². The summed E-state index contributed by atoms with van der Waals surface area (Å²) in [6, 6.07) is 7.92. The van der Waals surface area contributed by atoms with Crippen LogP contribution in [-0.4, -0.2) is 11.1 Å². The van der Waals surface area contributed by atoms with E-state index in [4.69, 9.17) is 0 Å². The fourth-order valence-electron chi connectivity index (χ4n) is 1.41. The van der Waals surface area contributed by atoms with Crippen molar-refractivity contribution in [3.05, 3.63) is 41.5 Å². The van der Waals surface area contributed by atoms with Crippen molar-refractivity contribution in [2.24, 2.45) is 0 Å². The van der Waals surface area contributed by atoms with E-state index in [1.807, 2.05) is 44.2 Å². The fraction of sp³-hybridized carbons (Fsp3) is 0.250. The number of Topliss-reactive ketones (excluding diaryl/α,β-unsaturated/α-hetero) is 1. The van der Waals surface area contributed by atoms with E-state index in [2.05, 4.69) is 15.9 Å². The van der Waals surface area contributed by atoms with E-state index in [9.17, 15) is 4.79 Å². The number of allylic oxidation sites excluding steroid dienone is 2. The van der Waals surface area contributed by atoms with Gasteiger partial charge in [0.15, 0.2) is 5.78 Å². The molecule has 1 aromatic carbocycles. The van der Waals surface area contributed by atoms with Gasteiger partial charge < -0.3 is 0 Å². The molecule has 74 valence electrons. The van der Waals surface area contributed by atoms with Crippen LogP contribution in [0.1, 0.15) is 18.1 Å². The summed E-state index contributed by atoms with van der Waals surface area (Å²) in [5, 5.41) is 0.376. The molecule has 0 bridgehead atoms. The van der Waals surface area contributed by atoms with Crippen molar-refractivity contribution >= 4 is 27.3 Å². The Morgan fingerprint density at radius 1 is 1.43 bits per heavy atom.